The maximum absolute atomic E-state index is 13.9. The number of halogens is 7. The van der Waals surface area contributed by atoms with Crippen LogP contribution in [0.3, 0.4) is 0 Å². The average molecular weight is 382 g/mol. The zero-order valence-electron chi connectivity index (χ0n) is 12.5. The molecule has 26 heavy (non-hydrogen) atoms. The molecule has 2 aromatic carbocycles. The van der Waals surface area contributed by atoms with Crippen molar-refractivity contribution in [3.63, 3.8) is 0 Å². The van der Waals surface area contributed by atoms with Crippen LogP contribution in [-0.2, 0) is 11.7 Å². The maximum atomic E-state index is 13.9. The molecule has 0 saturated carbocycles. The van der Waals surface area contributed by atoms with E-state index in [1.54, 1.807) is 0 Å². The van der Waals surface area contributed by atoms with E-state index in [4.69, 9.17) is 4.74 Å². The number of hydrogen-bond acceptors (Lipinski definition) is 3. The highest BCUT2D eigenvalue weighted by Gasteiger charge is 2.77. The van der Waals surface area contributed by atoms with E-state index in [-0.39, 0.29) is 5.75 Å². The summed E-state index contributed by atoms with van der Waals surface area (Å²) in [5.74, 6) is -17.1. The summed E-state index contributed by atoms with van der Waals surface area (Å²) in [6.45, 7) is 0. The Morgan fingerprint density at radius 3 is 2.19 bits per heavy atom. The Bertz CT molecular complexity index is 865. The van der Waals surface area contributed by atoms with Gasteiger partial charge < -0.3 is 14.9 Å². The second-order valence-corrected chi connectivity index (χ2v) is 5.58. The summed E-state index contributed by atoms with van der Waals surface area (Å²) in [5.41, 5.74) is -4.94. The van der Waals surface area contributed by atoms with Crippen molar-refractivity contribution in [2.75, 3.05) is 0 Å². The molecular weight excluding hydrogens is 373 g/mol. The van der Waals surface area contributed by atoms with Gasteiger partial charge in [-0.3, -0.25) is 0 Å². The van der Waals surface area contributed by atoms with Crippen LogP contribution < -0.4 is 4.74 Å². The Hall–Kier alpha value is -2.33. The minimum absolute atomic E-state index is 0.329. The van der Waals surface area contributed by atoms with Gasteiger partial charge in [-0.05, 0) is 24.3 Å². The van der Waals surface area contributed by atoms with E-state index >= 15 is 0 Å². The molecule has 3 nitrogen and oxygen atoms in total. The predicted molar refractivity (Wildman–Crippen MR) is 72.8 cm³/mol. The van der Waals surface area contributed by atoms with Gasteiger partial charge in [0.1, 0.15) is 17.3 Å². The molecule has 140 valence electrons. The largest absolute Gasteiger partial charge is 0.457 e. The lowest BCUT2D eigenvalue weighted by molar-refractivity contribution is -0.358. The van der Waals surface area contributed by atoms with Gasteiger partial charge in [-0.2, -0.15) is 17.6 Å². The molecule has 2 aromatic rings. The smallest absolute Gasteiger partial charge is 0.371 e. The minimum Gasteiger partial charge on any atom is -0.457 e. The average Bonchev–Trinajstić information content (AvgIpc) is 2.63. The van der Waals surface area contributed by atoms with Crippen molar-refractivity contribution in [3.05, 3.63) is 58.9 Å². The molecular formula is C16H9F7O3. The molecule has 0 heterocycles. The van der Waals surface area contributed by atoms with E-state index < -0.39 is 52.3 Å². The monoisotopic (exact) mass is 382 g/mol. The molecule has 3 rings (SSSR count). The second-order valence-electron chi connectivity index (χ2n) is 5.58. The van der Waals surface area contributed by atoms with Crippen LogP contribution in [0.4, 0.5) is 30.7 Å². The van der Waals surface area contributed by atoms with Crippen molar-refractivity contribution < 1.29 is 45.7 Å². The maximum Gasteiger partial charge on any atom is 0.371 e. The van der Waals surface area contributed by atoms with Crippen LogP contribution in [0.2, 0.25) is 0 Å². The zero-order valence-corrected chi connectivity index (χ0v) is 12.5. The number of benzene rings is 2. The number of ether oxygens (including phenoxy) is 1. The van der Waals surface area contributed by atoms with E-state index in [0.29, 0.717) is 12.1 Å². The van der Waals surface area contributed by atoms with Crippen LogP contribution in [-0.4, -0.2) is 16.1 Å². The van der Waals surface area contributed by atoms with Gasteiger partial charge in [0.05, 0.1) is 5.56 Å². The van der Waals surface area contributed by atoms with E-state index in [1.807, 2.05) is 0 Å². The van der Waals surface area contributed by atoms with Crippen LogP contribution in [0.15, 0.2) is 36.4 Å². The standard InChI is InChI=1S/C16H9F7O3/c17-7-2-1-3-8(6-7)26-10-5-4-9-12(11(10)13(18)19)15(24,25)16(22,23)14(9,20)21/h1-6,13,24-25H. The number of aliphatic hydroxyl groups is 2. The highest BCUT2D eigenvalue weighted by molar-refractivity contribution is 5.55. The summed E-state index contributed by atoms with van der Waals surface area (Å²) in [4.78, 5) is 0. The van der Waals surface area contributed by atoms with E-state index in [0.717, 1.165) is 24.3 Å². The quantitative estimate of drug-likeness (QED) is 0.610. The van der Waals surface area contributed by atoms with Gasteiger partial charge in [0.15, 0.2) is 0 Å². The van der Waals surface area contributed by atoms with Crippen molar-refractivity contribution in [2.45, 2.75) is 24.1 Å². The fraction of sp³-hybridized carbons (Fsp3) is 0.250. The summed E-state index contributed by atoms with van der Waals surface area (Å²) in [6, 6.07) is 4.97. The molecule has 0 radical (unpaired) electrons. The first-order chi connectivity index (χ1) is 11.9. The first-order valence-corrected chi connectivity index (χ1v) is 7.01. The van der Waals surface area contributed by atoms with Crippen molar-refractivity contribution in [1.82, 2.24) is 0 Å². The van der Waals surface area contributed by atoms with E-state index in [2.05, 4.69) is 0 Å². The van der Waals surface area contributed by atoms with Crippen molar-refractivity contribution in [2.24, 2.45) is 0 Å². The fourth-order valence-corrected chi connectivity index (χ4v) is 2.75. The van der Waals surface area contributed by atoms with Crippen LogP contribution in [0, 0.1) is 5.82 Å². The van der Waals surface area contributed by atoms with Gasteiger partial charge in [-0.1, -0.05) is 6.07 Å². The summed E-state index contributed by atoms with van der Waals surface area (Å²) in [7, 11) is 0. The highest BCUT2D eigenvalue weighted by Crippen LogP contribution is 2.62. The minimum atomic E-state index is -5.45. The molecule has 1 aliphatic carbocycles. The molecule has 0 amide bonds. The van der Waals surface area contributed by atoms with Crippen LogP contribution in [0.25, 0.3) is 0 Å². The molecule has 0 aliphatic heterocycles. The Labute approximate surface area is 141 Å². The van der Waals surface area contributed by atoms with E-state index in [1.165, 1.54) is 0 Å². The predicted octanol–water partition coefficient (Wildman–Crippen LogP) is 4.43. The fourth-order valence-electron chi connectivity index (χ4n) is 2.75. The van der Waals surface area contributed by atoms with Crippen molar-refractivity contribution in [1.29, 1.82) is 0 Å². The van der Waals surface area contributed by atoms with Gasteiger partial charge in [-0.15, -0.1) is 0 Å². The molecule has 0 fully saturated rings. The molecule has 0 spiro atoms. The molecule has 2 N–H and O–H groups in total. The molecule has 0 unspecified atom stereocenters. The number of rotatable bonds is 3. The molecule has 10 heteroatoms. The third-order valence-corrected chi connectivity index (χ3v) is 3.97. The van der Waals surface area contributed by atoms with Crippen molar-refractivity contribution >= 4 is 0 Å². The molecule has 0 aromatic heterocycles. The third kappa shape index (κ3) is 2.36. The molecule has 0 atom stereocenters. The second kappa shape index (κ2) is 5.58. The Morgan fingerprint density at radius 2 is 1.62 bits per heavy atom. The Morgan fingerprint density at radius 1 is 0.962 bits per heavy atom. The van der Waals surface area contributed by atoms with Gasteiger partial charge in [-0.25, -0.2) is 13.2 Å². The number of hydrogen-bond donors (Lipinski definition) is 2. The van der Waals surface area contributed by atoms with Crippen molar-refractivity contribution in [3.8, 4) is 11.5 Å². The Kier molecular flexibility index (Phi) is 3.96. The van der Waals surface area contributed by atoms with Gasteiger partial charge in [0.2, 0.25) is 0 Å². The van der Waals surface area contributed by atoms with Gasteiger partial charge in [0.25, 0.3) is 12.2 Å². The lowest BCUT2D eigenvalue weighted by Gasteiger charge is -2.28. The third-order valence-electron chi connectivity index (χ3n) is 3.97. The number of fused-ring (bicyclic) bond motifs is 1. The summed E-state index contributed by atoms with van der Waals surface area (Å²) < 4.78 is 100. The first kappa shape index (κ1) is 18.5. The molecule has 0 saturated heterocycles. The normalized spacial score (nSPS) is 19.5. The summed E-state index contributed by atoms with van der Waals surface area (Å²) in [5, 5.41) is 19.1. The zero-order chi connectivity index (χ0) is 19.5. The highest BCUT2D eigenvalue weighted by atomic mass is 19.3. The SMILES string of the molecule is OC1(O)c2c(ccc(Oc3cccc(F)c3)c2C(F)F)C(F)(F)C1(F)F. The van der Waals surface area contributed by atoms with Crippen LogP contribution in [0.1, 0.15) is 23.1 Å². The van der Waals surface area contributed by atoms with Crippen LogP contribution in [0.5, 0.6) is 11.5 Å². The topological polar surface area (TPSA) is 49.7 Å². The summed E-state index contributed by atoms with van der Waals surface area (Å²) in [6.07, 6.45) is -3.67. The summed E-state index contributed by atoms with van der Waals surface area (Å²) >= 11 is 0. The lowest BCUT2D eigenvalue weighted by Crippen LogP contribution is -2.49. The van der Waals surface area contributed by atoms with Gasteiger partial charge >= 0.3 is 11.8 Å². The van der Waals surface area contributed by atoms with E-state index in [9.17, 15) is 40.9 Å². The van der Waals surface area contributed by atoms with Crippen LogP contribution >= 0.6 is 0 Å². The molecule has 0 bridgehead atoms. The van der Waals surface area contributed by atoms with Gasteiger partial charge in [0, 0.05) is 17.2 Å². The Balaban J connectivity index is 2.23. The lowest BCUT2D eigenvalue weighted by atomic mass is 9.98. The molecule has 1 aliphatic rings. The number of alkyl halides is 6. The first-order valence-electron chi connectivity index (χ1n) is 7.01.